The topological polar surface area (TPSA) is 70.7 Å². The molecule has 180 valence electrons. The van der Waals surface area contributed by atoms with Crippen molar-refractivity contribution in [3.63, 3.8) is 0 Å². The van der Waals surface area contributed by atoms with Gasteiger partial charge in [-0.1, -0.05) is 20.8 Å². The lowest BCUT2D eigenvalue weighted by Crippen LogP contribution is -2.19. The van der Waals surface area contributed by atoms with Crippen LogP contribution in [0.25, 0.3) is 22.2 Å². The number of rotatable bonds is 6. The van der Waals surface area contributed by atoms with E-state index >= 15 is 4.39 Å². The first kappa shape index (κ1) is 24.4. The summed E-state index contributed by atoms with van der Waals surface area (Å²) in [5.74, 6) is -0.853. The molecule has 1 aliphatic rings. The maximum Gasteiger partial charge on any atom is 0.418 e. The van der Waals surface area contributed by atoms with Crippen LogP contribution in [0.5, 0.6) is 0 Å². The number of hydrogen-bond donors (Lipinski definition) is 1. The van der Waals surface area contributed by atoms with Crippen LogP contribution in [-0.4, -0.2) is 19.0 Å². The summed E-state index contributed by atoms with van der Waals surface area (Å²) in [6.45, 7) is 6.85. The molecule has 0 amide bonds. The number of nitriles is 1. The van der Waals surface area contributed by atoms with E-state index in [2.05, 4.69) is 9.71 Å². The molecule has 1 N–H and O–H groups in total. The zero-order chi connectivity index (χ0) is 24.8. The smallest absolute Gasteiger partial charge is 0.347 e. The molecular weight excluding hydrogens is 468 g/mol. The fourth-order valence-corrected chi connectivity index (χ4v) is 4.95. The Hall–Kier alpha value is -2.77. The quantitative estimate of drug-likeness (QED) is 0.449. The maximum absolute atomic E-state index is 15.3. The number of pyridine rings is 1. The van der Waals surface area contributed by atoms with E-state index < -0.39 is 34.2 Å². The van der Waals surface area contributed by atoms with Crippen molar-refractivity contribution < 1.29 is 21.8 Å². The second kappa shape index (κ2) is 8.78. The summed E-state index contributed by atoms with van der Waals surface area (Å²) >= 11 is 0. The number of halogens is 4. The second-order valence-electron chi connectivity index (χ2n) is 9.74. The zero-order valence-electron chi connectivity index (χ0n) is 19.0. The first-order valence-electron chi connectivity index (χ1n) is 10.8. The fraction of sp³-hybridized carbons (Fsp3) is 0.417. The van der Waals surface area contributed by atoms with E-state index in [9.17, 15) is 17.4 Å². The molecule has 2 heterocycles. The number of benzene rings is 1. The molecule has 34 heavy (non-hydrogen) atoms. The van der Waals surface area contributed by atoms with Crippen molar-refractivity contribution in [3.8, 4) is 17.3 Å². The molecule has 0 spiro atoms. The molecule has 0 saturated heterocycles. The molecule has 1 unspecified atom stereocenters. The number of fused-ring (bicyclic) bond motifs is 1. The van der Waals surface area contributed by atoms with Gasteiger partial charge in [-0.3, -0.25) is 4.98 Å². The Labute approximate surface area is 197 Å². The third-order valence-corrected chi connectivity index (χ3v) is 7.01. The number of hydrogen-bond acceptors (Lipinski definition) is 3. The average molecular weight is 493 g/mol. The van der Waals surface area contributed by atoms with Gasteiger partial charge in [0.1, 0.15) is 11.9 Å². The van der Waals surface area contributed by atoms with E-state index in [1.54, 1.807) is 6.07 Å². The molecule has 4 rings (SSSR count). The Morgan fingerprint density at radius 1 is 1.24 bits per heavy atom. The Bertz CT molecular complexity index is 1310. The lowest BCUT2D eigenvalue weighted by Gasteiger charge is -2.20. The Morgan fingerprint density at radius 2 is 1.94 bits per heavy atom. The fourth-order valence-electron chi connectivity index (χ4n) is 3.85. The maximum atomic E-state index is 15.3. The molecule has 1 saturated carbocycles. The monoisotopic (exact) mass is 492 g/mol. The zero-order valence-corrected chi connectivity index (χ0v) is 19.8. The van der Waals surface area contributed by atoms with Crippen LogP contribution in [-0.2, 0) is 30.3 Å². The molecule has 10 heteroatoms. The van der Waals surface area contributed by atoms with Crippen molar-refractivity contribution in [1.29, 1.82) is 5.26 Å². The molecule has 1 aliphatic carbocycles. The Morgan fingerprint density at radius 3 is 2.53 bits per heavy atom. The summed E-state index contributed by atoms with van der Waals surface area (Å²) in [5.41, 5.74) is -1.18. The van der Waals surface area contributed by atoms with Gasteiger partial charge in [-0.25, -0.2) is 13.3 Å². The van der Waals surface area contributed by atoms with Gasteiger partial charge in [0.05, 0.1) is 27.8 Å². The predicted octanol–water partition coefficient (Wildman–Crippen LogP) is 5.69. The third-order valence-electron chi connectivity index (χ3n) is 5.51. The van der Waals surface area contributed by atoms with Gasteiger partial charge >= 0.3 is 6.18 Å². The number of aromatic nitrogens is 2. The van der Waals surface area contributed by atoms with Crippen LogP contribution in [0.3, 0.4) is 0 Å². The van der Waals surface area contributed by atoms with Crippen LogP contribution >= 0.6 is 0 Å². The lowest BCUT2D eigenvalue weighted by atomic mass is 9.96. The molecule has 0 bridgehead atoms. The van der Waals surface area contributed by atoms with Crippen LogP contribution < -0.4 is 4.72 Å². The molecule has 1 atom stereocenters. The van der Waals surface area contributed by atoms with Crippen LogP contribution in [0.4, 0.5) is 17.6 Å². The van der Waals surface area contributed by atoms with Gasteiger partial charge in [0, 0.05) is 47.2 Å². The summed E-state index contributed by atoms with van der Waals surface area (Å²) in [6, 6.07) is 4.91. The minimum absolute atomic E-state index is 0.134. The first-order valence-corrected chi connectivity index (χ1v) is 12.0. The van der Waals surface area contributed by atoms with Crippen molar-refractivity contribution in [1.82, 2.24) is 14.3 Å². The number of nitrogens with zero attached hydrogens (tertiary/aromatic N) is 3. The highest BCUT2D eigenvalue weighted by Gasteiger charge is 2.36. The molecule has 1 aromatic carbocycles. The van der Waals surface area contributed by atoms with Gasteiger partial charge in [-0.05, 0) is 42.0 Å². The lowest BCUT2D eigenvalue weighted by molar-refractivity contribution is -0.137. The predicted molar refractivity (Wildman–Crippen MR) is 122 cm³/mol. The Kier molecular flexibility index (Phi) is 6.29. The van der Waals surface area contributed by atoms with Crippen LogP contribution in [0, 0.1) is 22.6 Å². The summed E-state index contributed by atoms with van der Waals surface area (Å²) in [4.78, 5) is 3.81. The van der Waals surface area contributed by atoms with Crippen molar-refractivity contribution in [3.05, 3.63) is 53.1 Å². The van der Waals surface area contributed by atoms with Crippen LogP contribution in [0.15, 0.2) is 30.6 Å². The van der Waals surface area contributed by atoms with E-state index in [-0.39, 0.29) is 28.3 Å². The summed E-state index contributed by atoms with van der Waals surface area (Å²) in [7, 11) is -1.18. The second-order valence-corrected chi connectivity index (χ2v) is 11.3. The van der Waals surface area contributed by atoms with E-state index in [0.717, 1.165) is 19.0 Å². The van der Waals surface area contributed by atoms with Gasteiger partial charge in [0.15, 0.2) is 0 Å². The number of nitrogens with one attached hydrogen (secondary N) is 1. The molecular formula is C24H24F4N4OS. The highest BCUT2D eigenvalue weighted by atomic mass is 32.2. The SMILES string of the molecule is CC(C)(C)Cn1cc(CNS(=O)C2CC2)c2cc(F)c(-c3ncc(C#N)cc3C(F)(F)F)cc21. The molecule has 0 aliphatic heterocycles. The highest BCUT2D eigenvalue weighted by Crippen LogP contribution is 2.39. The number of alkyl halides is 3. The average Bonchev–Trinajstić information content (AvgIpc) is 3.54. The summed E-state index contributed by atoms with van der Waals surface area (Å²) < 4.78 is 73.5. The summed E-state index contributed by atoms with van der Waals surface area (Å²) in [6.07, 6.45) is -0.172. The van der Waals surface area contributed by atoms with Gasteiger partial charge in [0.2, 0.25) is 0 Å². The van der Waals surface area contributed by atoms with Crippen molar-refractivity contribution in [2.45, 2.75) is 58.1 Å². The normalized spacial score (nSPS) is 15.5. The van der Waals surface area contributed by atoms with Crippen molar-refractivity contribution >= 4 is 21.9 Å². The van der Waals surface area contributed by atoms with Gasteiger partial charge in [-0.2, -0.15) is 18.4 Å². The van der Waals surface area contributed by atoms with Gasteiger partial charge < -0.3 is 4.57 Å². The first-order chi connectivity index (χ1) is 15.9. The van der Waals surface area contributed by atoms with E-state index in [1.165, 1.54) is 12.1 Å². The minimum atomic E-state index is -4.81. The largest absolute Gasteiger partial charge is 0.418 e. The van der Waals surface area contributed by atoms with Crippen molar-refractivity contribution in [2.24, 2.45) is 5.41 Å². The van der Waals surface area contributed by atoms with Crippen LogP contribution in [0.2, 0.25) is 0 Å². The standard InChI is InChI=1S/C24H24F4N4OS/c1-23(2,3)13-32-12-15(11-31-34(33)16-4-5-16)17-7-20(25)18(8-21(17)32)22-19(24(26,27)28)6-14(9-29)10-30-22/h6-8,10,12,16,31H,4-5,11,13H2,1-3H3. The molecule has 0 radical (unpaired) electrons. The van der Waals surface area contributed by atoms with E-state index in [0.29, 0.717) is 29.1 Å². The van der Waals surface area contributed by atoms with Crippen LogP contribution in [0.1, 0.15) is 50.3 Å². The highest BCUT2D eigenvalue weighted by molar-refractivity contribution is 7.83. The molecule has 1 fully saturated rings. The molecule has 5 nitrogen and oxygen atoms in total. The minimum Gasteiger partial charge on any atom is -0.347 e. The molecule has 3 aromatic rings. The molecule has 2 aromatic heterocycles. The summed E-state index contributed by atoms with van der Waals surface area (Å²) in [5, 5.41) is 9.67. The van der Waals surface area contributed by atoms with E-state index in [1.807, 2.05) is 31.5 Å². The third kappa shape index (κ3) is 5.15. The Balaban J connectivity index is 1.85. The van der Waals surface area contributed by atoms with Gasteiger partial charge in [-0.15, -0.1) is 0 Å². The van der Waals surface area contributed by atoms with Crippen molar-refractivity contribution in [2.75, 3.05) is 0 Å². The van der Waals surface area contributed by atoms with Gasteiger partial charge in [0.25, 0.3) is 0 Å². The van der Waals surface area contributed by atoms with E-state index in [4.69, 9.17) is 5.26 Å².